The Hall–Kier alpha value is -1.21. The molecule has 0 unspecified atom stereocenters. The summed E-state index contributed by atoms with van der Waals surface area (Å²) >= 11 is -0.284. The monoisotopic (exact) mass is 277 g/mol. The fraction of sp³-hybridized carbons (Fsp3) is 0.364. The van der Waals surface area contributed by atoms with Crippen molar-refractivity contribution >= 4 is 17.7 Å². The predicted molar refractivity (Wildman–Crippen MR) is 60.4 cm³/mol. The molecule has 2 rings (SSSR count). The van der Waals surface area contributed by atoms with Gasteiger partial charge in [-0.2, -0.15) is 13.2 Å². The lowest BCUT2D eigenvalue weighted by molar-refractivity contribution is -0.0328. The smallest absolute Gasteiger partial charge is 0.377 e. The molecule has 1 fully saturated rings. The second kappa shape index (κ2) is 5.19. The van der Waals surface area contributed by atoms with Crippen LogP contribution in [0.15, 0.2) is 29.2 Å². The number of hydrogen-bond acceptors (Lipinski definition) is 3. The number of ether oxygens (including phenoxy) is 1. The number of alkyl halides is 3. The van der Waals surface area contributed by atoms with E-state index in [1.807, 2.05) is 0 Å². The molecule has 0 bridgehead atoms. The predicted octanol–water partition coefficient (Wildman–Crippen LogP) is 2.43. The standard InChI is InChI=1S/C11H10F3NO2S/c12-11(13,14)18-9-4-2-1-3-8(9)10(16)15-7-5-17-6-7/h1-4,7H,5-6H2,(H,15,16). The van der Waals surface area contributed by atoms with Gasteiger partial charge >= 0.3 is 5.51 Å². The van der Waals surface area contributed by atoms with Gasteiger partial charge in [-0.05, 0) is 23.9 Å². The van der Waals surface area contributed by atoms with Crippen LogP contribution in [0.3, 0.4) is 0 Å². The van der Waals surface area contributed by atoms with Gasteiger partial charge in [0.1, 0.15) is 0 Å². The topological polar surface area (TPSA) is 38.3 Å². The lowest BCUT2D eigenvalue weighted by atomic mass is 10.2. The number of carbonyl (C=O) groups is 1. The van der Waals surface area contributed by atoms with E-state index in [-0.39, 0.29) is 28.3 Å². The van der Waals surface area contributed by atoms with Crippen LogP contribution in [0.4, 0.5) is 13.2 Å². The summed E-state index contributed by atoms with van der Waals surface area (Å²) in [6, 6.07) is 5.55. The number of amides is 1. The molecule has 98 valence electrons. The molecule has 1 heterocycles. The Morgan fingerprint density at radius 1 is 1.33 bits per heavy atom. The second-order valence-electron chi connectivity index (χ2n) is 3.75. The molecule has 0 spiro atoms. The average Bonchev–Trinajstić information content (AvgIpc) is 2.21. The molecule has 0 atom stereocenters. The van der Waals surface area contributed by atoms with Crippen molar-refractivity contribution in [1.29, 1.82) is 0 Å². The molecule has 1 N–H and O–H groups in total. The highest BCUT2D eigenvalue weighted by molar-refractivity contribution is 8.00. The van der Waals surface area contributed by atoms with Crippen molar-refractivity contribution in [2.24, 2.45) is 0 Å². The number of nitrogens with one attached hydrogen (secondary N) is 1. The van der Waals surface area contributed by atoms with Gasteiger partial charge in [-0.15, -0.1) is 0 Å². The SMILES string of the molecule is O=C(NC1COC1)c1ccccc1SC(F)(F)F. The normalized spacial score (nSPS) is 16.2. The van der Waals surface area contributed by atoms with Crippen molar-refractivity contribution in [2.75, 3.05) is 13.2 Å². The van der Waals surface area contributed by atoms with E-state index in [1.165, 1.54) is 24.3 Å². The minimum atomic E-state index is -4.41. The number of hydrogen-bond donors (Lipinski definition) is 1. The zero-order valence-corrected chi connectivity index (χ0v) is 9.98. The van der Waals surface area contributed by atoms with Crippen LogP contribution in [0.1, 0.15) is 10.4 Å². The summed E-state index contributed by atoms with van der Waals surface area (Å²) in [6.07, 6.45) is 0. The summed E-state index contributed by atoms with van der Waals surface area (Å²) in [4.78, 5) is 11.7. The lowest BCUT2D eigenvalue weighted by Crippen LogP contribution is -2.48. The fourth-order valence-electron chi connectivity index (χ4n) is 1.45. The van der Waals surface area contributed by atoms with Crippen LogP contribution < -0.4 is 5.32 Å². The van der Waals surface area contributed by atoms with E-state index < -0.39 is 11.4 Å². The molecule has 3 nitrogen and oxygen atoms in total. The van der Waals surface area contributed by atoms with E-state index >= 15 is 0 Å². The molecule has 0 aromatic heterocycles. The number of rotatable bonds is 3. The van der Waals surface area contributed by atoms with Gasteiger partial charge in [0, 0.05) is 4.90 Å². The number of thioether (sulfide) groups is 1. The van der Waals surface area contributed by atoms with Crippen LogP contribution in [0.25, 0.3) is 0 Å². The quantitative estimate of drug-likeness (QED) is 0.862. The highest BCUT2D eigenvalue weighted by Gasteiger charge is 2.31. The van der Waals surface area contributed by atoms with E-state index in [2.05, 4.69) is 5.32 Å². The summed E-state index contributed by atoms with van der Waals surface area (Å²) in [7, 11) is 0. The summed E-state index contributed by atoms with van der Waals surface area (Å²) in [6.45, 7) is 0.806. The van der Waals surface area contributed by atoms with Crippen LogP contribution in [0, 0.1) is 0 Å². The van der Waals surface area contributed by atoms with Crippen LogP contribution >= 0.6 is 11.8 Å². The minimum absolute atomic E-state index is 0.0340. The molecule has 1 aromatic rings. The summed E-state index contributed by atoms with van der Waals surface area (Å²) in [5.41, 5.74) is -4.37. The number of halogens is 3. The molecule has 1 aromatic carbocycles. The first-order valence-corrected chi connectivity index (χ1v) is 6.01. The first-order valence-electron chi connectivity index (χ1n) is 5.19. The number of benzene rings is 1. The maximum Gasteiger partial charge on any atom is 0.446 e. The summed E-state index contributed by atoms with van der Waals surface area (Å²) in [5, 5.41) is 2.61. The zero-order valence-electron chi connectivity index (χ0n) is 9.16. The molecule has 1 aliphatic rings. The number of carbonyl (C=O) groups excluding carboxylic acids is 1. The van der Waals surface area contributed by atoms with Crippen LogP contribution in [0.2, 0.25) is 0 Å². The van der Waals surface area contributed by atoms with Gasteiger partial charge < -0.3 is 10.1 Å². The van der Waals surface area contributed by atoms with Gasteiger partial charge in [-0.1, -0.05) is 12.1 Å². The summed E-state index contributed by atoms with van der Waals surface area (Å²) in [5.74, 6) is -0.504. The van der Waals surface area contributed by atoms with Crippen LogP contribution in [0.5, 0.6) is 0 Å². The molecular weight excluding hydrogens is 267 g/mol. The molecule has 1 aliphatic heterocycles. The Bertz CT molecular complexity index is 446. The maximum atomic E-state index is 12.3. The highest BCUT2D eigenvalue weighted by atomic mass is 32.2. The van der Waals surface area contributed by atoms with Gasteiger partial charge in [0.2, 0.25) is 0 Å². The molecule has 0 radical (unpaired) electrons. The van der Waals surface area contributed by atoms with E-state index in [1.54, 1.807) is 0 Å². The molecule has 18 heavy (non-hydrogen) atoms. The first kappa shape index (κ1) is 13.2. The second-order valence-corrected chi connectivity index (χ2v) is 4.86. The van der Waals surface area contributed by atoms with Gasteiger partial charge in [-0.25, -0.2) is 0 Å². The third-order valence-corrected chi connectivity index (χ3v) is 3.14. The average molecular weight is 277 g/mol. The largest absolute Gasteiger partial charge is 0.446 e. The highest BCUT2D eigenvalue weighted by Crippen LogP contribution is 2.38. The van der Waals surface area contributed by atoms with Crippen molar-refractivity contribution in [1.82, 2.24) is 5.32 Å². The molecule has 1 amide bonds. The summed E-state index contributed by atoms with van der Waals surface area (Å²) < 4.78 is 41.9. The Labute approximate surface area is 106 Å². The Balaban J connectivity index is 2.13. The Kier molecular flexibility index (Phi) is 3.82. The maximum absolute atomic E-state index is 12.3. The molecule has 1 saturated heterocycles. The lowest BCUT2D eigenvalue weighted by Gasteiger charge is -2.27. The molecule has 7 heteroatoms. The van der Waals surface area contributed by atoms with Crippen molar-refractivity contribution in [3.05, 3.63) is 29.8 Å². The van der Waals surface area contributed by atoms with Crippen molar-refractivity contribution in [3.63, 3.8) is 0 Å². The zero-order chi connectivity index (χ0) is 13.2. The van der Waals surface area contributed by atoms with Crippen LogP contribution in [-0.4, -0.2) is 30.7 Å². The van der Waals surface area contributed by atoms with Crippen molar-refractivity contribution < 1.29 is 22.7 Å². The van der Waals surface area contributed by atoms with E-state index in [0.717, 1.165) is 0 Å². The van der Waals surface area contributed by atoms with E-state index in [9.17, 15) is 18.0 Å². The molecular formula is C11H10F3NO2S. The Morgan fingerprint density at radius 2 is 2.00 bits per heavy atom. The molecule has 0 saturated carbocycles. The van der Waals surface area contributed by atoms with Crippen LogP contribution in [-0.2, 0) is 4.74 Å². The van der Waals surface area contributed by atoms with Gasteiger partial charge in [0.15, 0.2) is 0 Å². The van der Waals surface area contributed by atoms with Gasteiger partial charge in [0.05, 0.1) is 24.8 Å². The minimum Gasteiger partial charge on any atom is -0.377 e. The third kappa shape index (κ3) is 3.39. The van der Waals surface area contributed by atoms with Gasteiger partial charge in [0.25, 0.3) is 5.91 Å². The van der Waals surface area contributed by atoms with E-state index in [4.69, 9.17) is 4.74 Å². The first-order chi connectivity index (χ1) is 8.46. The van der Waals surface area contributed by atoms with Gasteiger partial charge in [-0.3, -0.25) is 4.79 Å². The van der Waals surface area contributed by atoms with E-state index in [0.29, 0.717) is 13.2 Å². The Morgan fingerprint density at radius 3 is 2.56 bits per heavy atom. The van der Waals surface area contributed by atoms with Crippen molar-refractivity contribution in [2.45, 2.75) is 16.4 Å². The fourth-order valence-corrected chi connectivity index (χ4v) is 2.12. The molecule has 0 aliphatic carbocycles. The third-order valence-electron chi connectivity index (χ3n) is 2.33. The van der Waals surface area contributed by atoms with Crippen molar-refractivity contribution in [3.8, 4) is 0 Å².